The molecule has 1 aromatic carbocycles. The molecule has 16 heavy (non-hydrogen) atoms. The van der Waals surface area contributed by atoms with E-state index in [2.05, 4.69) is 9.97 Å². The first-order valence-electron chi connectivity index (χ1n) is 5.14. The van der Waals surface area contributed by atoms with Crippen molar-refractivity contribution in [2.24, 2.45) is 0 Å². The van der Waals surface area contributed by atoms with Crippen LogP contribution in [0.25, 0.3) is 0 Å². The number of hydrogen-bond donors (Lipinski definition) is 2. The van der Waals surface area contributed by atoms with E-state index in [4.69, 9.17) is 0 Å². The van der Waals surface area contributed by atoms with Crippen LogP contribution in [0, 0.1) is 0 Å². The highest BCUT2D eigenvalue weighted by molar-refractivity contribution is 5.85. The van der Waals surface area contributed by atoms with Crippen molar-refractivity contribution in [1.82, 2.24) is 9.97 Å². The average Bonchev–Trinajstić information content (AvgIpc) is 2.82. The summed E-state index contributed by atoms with van der Waals surface area (Å²) < 4.78 is 0. The lowest BCUT2D eigenvalue weighted by Gasteiger charge is -2.08. The van der Waals surface area contributed by atoms with E-state index in [1.54, 1.807) is 12.4 Å². The van der Waals surface area contributed by atoms with Gasteiger partial charge in [-0.15, -0.1) is 12.4 Å². The van der Waals surface area contributed by atoms with Crippen molar-refractivity contribution in [2.75, 3.05) is 0 Å². The van der Waals surface area contributed by atoms with Crippen LogP contribution in [0.1, 0.15) is 29.2 Å². The summed E-state index contributed by atoms with van der Waals surface area (Å²) in [5, 5.41) is 9.39. The number of aryl methyl sites for hydroxylation is 1. The molecule has 1 atom stereocenters. The second-order valence-electron chi connectivity index (χ2n) is 3.98. The summed E-state index contributed by atoms with van der Waals surface area (Å²) in [5.41, 5.74) is 3.74. The summed E-state index contributed by atoms with van der Waals surface area (Å²) in [6.45, 7) is 0. The highest BCUT2D eigenvalue weighted by Crippen LogP contribution is 2.38. The van der Waals surface area contributed by atoms with Crippen LogP contribution in [0.2, 0.25) is 0 Å². The lowest BCUT2D eigenvalue weighted by Crippen LogP contribution is -1.95. The average molecular weight is 237 g/mol. The van der Waals surface area contributed by atoms with Crippen molar-refractivity contribution in [2.45, 2.75) is 18.8 Å². The number of aromatic nitrogens is 2. The van der Waals surface area contributed by atoms with Crippen molar-refractivity contribution in [1.29, 1.82) is 0 Å². The number of phenols is 1. The van der Waals surface area contributed by atoms with E-state index in [1.165, 1.54) is 16.8 Å². The van der Waals surface area contributed by atoms with Crippen LogP contribution in [0.15, 0.2) is 30.7 Å². The summed E-state index contributed by atoms with van der Waals surface area (Å²) in [6, 6.07) is 5.64. The zero-order valence-electron chi connectivity index (χ0n) is 8.68. The molecule has 0 amide bonds. The Kier molecular flexibility index (Phi) is 2.88. The number of hydrogen-bond acceptors (Lipinski definition) is 2. The number of rotatable bonds is 1. The maximum absolute atomic E-state index is 9.39. The normalized spacial score (nSPS) is 17.9. The molecule has 1 heterocycles. The summed E-state index contributed by atoms with van der Waals surface area (Å²) in [7, 11) is 0. The molecule has 0 bridgehead atoms. The predicted octanol–water partition coefficient (Wildman–Crippen LogP) is 2.62. The molecule has 1 aliphatic carbocycles. The molecular weight excluding hydrogens is 224 g/mol. The fourth-order valence-electron chi connectivity index (χ4n) is 2.38. The molecule has 4 heteroatoms. The van der Waals surface area contributed by atoms with E-state index in [-0.39, 0.29) is 12.4 Å². The van der Waals surface area contributed by atoms with Gasteiger partial charge in [0, 0.05) is 17.8 Å². The first-order chi connectivity index (χ1) is 7.34. The minimum Gasteiger partial charge on any atom is -0.508 e. The lowest BCUT2D eigenvalue weighted by molar-refractivity contribution is 0.474. The largest absolute Gasteiger partial charge is 0.508 e. The number of halogens is 1. The number of phenolic OH excluding ortho intramolecular Hbond substituents is 1. The van der Waals surface area contributed by atoms with Crippen LogP contribution >= 0.6 is 12.4 Å². The number of benzene rings is 1. The highest BCUT2D eigenvalue weighted by Gasteiger charge is 2.24. The van der Waals surface area contributed by atoms with E-state index in [0.29, 0.717) is 11.7 Å². The van der Waals surface area contributed by atoms with Crippen molar-refractivity contribution >= 4 is 12.4 Å². The van der Waals surface area contributed by atoms with Gasteiger partial charge in [-0.05, 0) is 36.1 Å². The van der Waals surface area contributed by atoms with E-state index >= 15 is 0 Å². The number of aromatic hydroxyl groups is 1. The smallest absolute Gasteiger partial charge is 0.115 e. The lowest BCUT2D eigenvalue weighted by atomic mass is 9.98. The number of fused-ring (bicyclic) bond motifs is 1. The van der Waals surface area contributed by atoms with Crippen LogP contribution < -0.4 is 0 Å². The van der Waals surface area contributed by atoms with Gasteiger partial charge in [-0.3, -0.25) is 0 Å². The van der Waals surface area contributed by atoms with Crippen molar-refractivity contribution in [3.05, 3.63) is 47.5 Å². The van der Waals surface area contributed by atoms with Crippen LogP contribution in [0.3, 0.4) is 0 Å². The number of nitrogens with zero attached hydrogens (tertiary/aromatic N) is 1. The maximum Gasteiger partial charge on any atom is 0.115 e. The first kappa shape index (κ1) is 11.0. The third-order valence-electron chi connectivity index (χ3n) is 3.10. The molecule has 0 radical (unpaired) electrons. The monoisotopic (exact) mass is 236 g/mol. The van der Waals surface area contributed by atoms with Gasteiger partial charge >= 0.3 is 0 Å². The molecule has 84 valence electrons. The maximum atomic E-state index is 9.39. The Morgan fingerprint density at radius 3 is 3.00 bits per heavy atom. The highest BCUT2D eigenvalue weighted by atomic mass is 35.5. The Morgan fingerprint density at radius 2 is 2.25 bits per heavy atom. The molecule has 0 saturated heterocycles. The molecule has 1 aliphatic rings. The molecule has 3 nitrogen and oxygen atoms in total. The standard InChI is InChI=1S/C12H12N2O.ClH/c15-9-2-4-10-8(5-9)1-3-11(10)12-6-13-7-14-12;/h2,4-7,11,15H,1,3H2,(H,13,14);1H. The Hall–Kier alpha value is -1.48. The predicted molar refractivity (Wildman–Crippen MR) is 64.1 cm³/mol. The van der Waals surface area contributed by atoms with Crippen molar-refractivity contribution in [3.63, 3.8) is 0 Å². The van der Waals surface area contributed by atoms with Gasteiger partial charge < -0.3 is 10.1 Å². The van der Waals surface area contributed by atoms with Gasteiger partial charge in [0.2, 0.25) is 0 Å². The molecule has 1 unspecified atom stereocenters. The van der Waals surface area contributed by atoms with E-state index in [1.807, 2.05) is 18.3 Å². The number of H-pyrrole nitrogens is 1. The molecule has 0 aliphatic heterocycles. The summed E-state index contributed by atoms with van der Waals surface area (Å²) in [4.78, 5) is 7.21. The molecule has 2 N–H and O–H groups in total. The topological polar surface area (TPSA) is 48.9 Å². The minimum atomic E-state index is 0. The van der Waals surface area contributed by atoms with Crippen LogP contribution in [-0.2, 0) is 6.42 Å². The second kappa shape index (κ2) is 4.18. The number of imidazole rings is 1. The van der Waals surface area contributed by atoms with Gasteiger partial charge in [-0.25, -0.2) is 4.98 Å². The van der Waals surface area contributed by atoms with Gasteiger partial charge in [0.1, 0.15) is 5.75 Å². The fraction of sp³-hybridized carbons (Fsp3) is 0.250. The van der Waals surface area contributed by atoms with E-state index in [9.17, 15) is 5.11 Å². The fourth-order valence-corrected chi connectivity index (χ4v) is 2.38. The second-order valence-corrected chi connectivity index (χ2v) is 3.98. The van der Waals surface area contributed by atoms with Gasteiger partial charge in [-0.2, -0.15) is 0 Å². The van der Waals surface area contributed by atoms with Gasteiger partial charge in [0.25, 0.3) is 0 Å². The Balaban J connectivity index is 0.000000963. The first-order valence-corrected chi connectivity index (χ1v) is 5.14. The van der Waals surface area contributed by atoms with Gasteiger partial charge in [0.05, 0.1) is 6.33 Å². The molecule has 2 aromatic rings. The quantitative estimate of drug-likeness (QED) is 0.800. The van der Waals surface area contributed by atoms with E-state index < -0.39 is 0 Å². The third-order valence-corrected chi connectivity index (χ3v) is 3.10. The molecule has 1 aromatic heterocycles. The van der Waals surface area contributed by atoms with Crippen LogP contribution in [-0.4, -0.2) is 15.1 Å². The van der Waals surface area contributed by atoms with Crippen molar-refractivity contribution in [3.8, 4) is 5.75 Å². The van der Waals surface area contributed by atoms with Gasteiger partial charge in [0.15, 0.2) is 0 Å². The van der Waals surface area contributed by atoms with Crippen LogP contribution in [0.4, 0.5) is 0 Å². The molecule has 3 rings (SSSR count). The molecule has 0 fully saturated rings. The van der Waals surface area contributed by atoms with Gasteiger partial charge in [-0.1, -0.05) is 6.07 Å². The Morgan fingerprint density at radius 1 is 1.38 bits per heavy atom. The van der Waals surface area contributed by atoms with Crippen LogP contribution in [0.5, 0.6) is 5.75 Å². The number of nitrogens with one attached hydrogen (secondary N) is 1. The molecular formula is C12H13ClN2O. The summed E-state index contributed by atoms with van der Waals surface area (Å²) in [5.74, 6) is 0.780. The minimum absolute atomic E-state index is 0. The third kappa shape index (κ3) is 1.67. The van der Waals surface area contributed by atoms with Crippen molar-refractivity contribution < 1.29 is 5.11 Å². The summed E-state index contributed by atoms with van der Waals surface area (Å²) >= 11 is 0. The Labute approximate surface area is 100.0 Å². The molecule has 0 spiro atoms. The van der Waals surface area contributed by atoms with E-state index in [0.717, 1.165) is 12.8 Å². The zero-order chi connectivity index (χ0) is 10.3. The zero-order valence-corrected chi connectivity index (χ0v) is 9.50. The Bertz CT molecular complexity index is 482. The SMILES string of the molecule is Cl.Oc1ccc2c(c1)CCC2c1cnc[nH]1. The number of aromatic amines is 1. The molecule has 0 saturated carbocycles. The summed E-state index contributed by atoms with van der Waals surface area (Å²) in [6.07, 6.45) is 5.73.